The van der Waals surface area contributed by atoms with Crippen LogP contribution < -0.4 is 5.73 Å². The SMILES string of the molecule is COC1CC2(C[C@@H]1OC)[C@H]1CC[C@H](C1)[C@@H]2N. The van der Waals surface area contributed by atoms with Gasteiger partial charge in [-0.15, -0.1) is 0 Å². The highest BCUT2D eigenvalue weighted by Gasteiger charge is 2.61. The fourth-order valence-electron chi connectivity index (χ4n) is 4.78. The summed E-state index contributed by atoms with van der Waals surface area (Å²) in [5.41, 5.74) is 6.82. The summed E-state index contributed by atoms with van der Waals surface area (Å²) in [6.07, 6.45) is 6.84. The lowest BCUT2D eigenvalue weighted by atomic mass is 9.69. The second kappa shape index (κ2) is 3.69. The van der Waals surface area contributed by atoms with Crippen molar-refractivity contribution < 1.29 is 9.47 Å². The molecule has 0 aromatic carbocycles. The van der Waals surface area contributed by atoms with Crippen LogP contribution in [0.3, 0.4) is 0 Å². The molecule has 92 valence electrons. The number of fused-ring (bicyclic) bond motifs is 3. The third-order valence-electron chi connectivity index (χ3n) is 5.64. The molecule has 3 heteroatoms. The van der Waals surface area contributed by atoms with E-state index in [9.17, 15) is 0 Å². The summed E-state index contributed by atoms with van der Waals surface area (Å²) in [6.45, 7) is 0. The summed E-state index contributed by atoms with van der Waals surface area (Å²) >= 11 is 0. The first-order valence-corrected chi connectivity index (χ1v) is 6.52. The van der Waals surface area contributed by atoms with Crippen LogP contribution in [-0.4, -0.2) is 32.5 Å². The predicted molar refractivity (Wildman–Crippen MR) is 62.1 cm³/mol. The van der Waals surface area contributed by atoms with E-state index in [1.807, 2.05) is 0 Å². The normalized spacial score (nSPS) is 55.3. The summed E-state index contributed by atoms with van der Waals surface area (Å²) in [6, 6.07) is 0.393. The second-order valence-electron chi connectivity index (χ2n) is 5.99. The van der Waals surface area contributed by atoms with Crippen LogP contribution in [-0.2, 0) is 9.47 Å². The Morgan fingerprint density at radius 1 is 1.06 bits per heavy atom. The Morgan fingerprint density at radius 2 is 1.69 bits per heavy atom. The highest BCUT2D eigenvalue weighted by molar-refractivity contribution is 5.13. The second-order valence-corrected chi connectivity index (χ2v) is 5.99. The molecule has 0 aromatic rings. The molecule has 2 bridgehead atoms. The van der Waals surface area contributed by atoms with Gasteiger partial charge < -0.3 is 15.2 Å². The number of nitrogens with two attached hydrogens (primary N) is 1. The maximum Gasteiger partial charge on any atom is 0.0838 e. The molecule has 0 heterocycles. The van der Waals surface area contributed by atoms with Crippen LogP contribution >= 0.6 is 0 Å². The Labute approximate surface area is 97.7 Å². The van der Waals surface area contributed by atoms with Crippen molar-refractivity contribution in [1.82, 2.24) is 0 Å². The van der Waals surface area contributed by atoms with Crippen molar-refractivity contribution in [3.05, 3.63) is 0 Å². The van der Waals surface area contributed by atoms with E-state index in [-0.39, 0.29) is 12.2 Å². The molecule has 3 fully saturated rings. The lowest BCUT2D eigenvalue weighted by molar-refractivity contribution is -0.0157. The number of rotatable bonds is 2. The first-order valence-electron chi connectivity index (χ1n) is 6.52. The molecule has 3 rings (SSSR count). The predicted octanol–water partition coefficient (Wildman–Crippen LogP) is 1.55. The quantitative estimate of drug-likeness (QED) is 0.775. The maximum atomic E-state index is 6.48. The van der Waals surface area contributed by atoms with Gasteiger partial charge in [0.15, 0.2) is 0 Å². The Morgan fingerprint density at radius 3 is 2.12 bits per heavy atom. The zero-order valence-electron chi connectivity index (χ0n) is 10.3. The molecular weight excluding hydrogens is 202 g/mol. The van der Waals surface area contributed by atoms with Gasteiger partial charge in [-0.05, 0) is 49.4 Å². The third-order valence-corrected chi connectivity index (χ3v) is 5.64. The topological polar surface area (TPSA) is 44.5 Å². The third kappa shape index (κ3) is 1.25. The van der Waals surface area contributed by atoms with Gasteiger partial charge in [-0.2, -0.15) is 0 Å². The minimum Gasteiger partial charge on any atom is -0.379 e. The molecule has 0 aromatic heterocycles. The van der Waals surface area contributed by atoms with Crippen molar-refractivity contribution in [3.8, 4) is 0 Å². The van der Waals surface area contributed by atoms with Gasteiger partial charge in [0, 0.05) is 20.3 Å². The Bertz CT molecular complexity index is 265. The van der Waals surface area contributed by atoms with Crippen LogP contribution in [0.4, 0.5) is 0 Å². The number of methoxy groups -OCH3 is 2. The molecule has 3 nitrogen and oxygen atoms in total. The van der Waals surface area contributed by atoms with Gasteiger partial charge in [0.2, 0.25) is 0 Å². The Kier molecular flexibility index (Phi) is 2.54. The fraction of sp³-hybridized carbons (Fsp3) is 1.00. The van der Waals surface area contributed by atoms with E-state index in [0.717, 1.165) is 24.7 Å². The van der Waals surface area contributed by atoms with Gasteiger partial charge >= 0.3 is 0 Å². The van der Waals surface area contributed by atoms with Gasteiger partial charge in [0.05, 0.1) is 12.2 Å². The molecule has 0 radical (unpaired) electrons. The van der Waals surface area contributed by atoms with Crippen molar-refractivity contribution in [2.75, 3.05) is 14.2 Å². The zero-order valence-corrected chi connectivity index (χ0v) is 10.3. The van der Waals surface area contributed by atoms with E-state index in [2.05, 4.69) is 0 Å². The lowest BCUT2D eigenvalue weighted by Gasteiger charge is -2.39. The molecule has 6 atom stereocenters. The molecule has 2 N–H and O–H groups in total. The van der Waals surface area contributed by atoms with Gasteiger partial charge in [0.1, 0.15) is 0 Å². The van der Waals surface area contributed by atoms with E-state index in [1.54, 1.807) is 14.2 Å². The largest absolute Gasteiger partial charge is 0.379 e. The van der Waals surface area contributed by atoms with Crippen molar-refractivity contribution in [3.63, 3.8) is 0 Å². The molecule has 0 amide bonds. The average Bonchev–Trinajstić information content (AvgIpc) is 2.97. The molecule has 3 aliphatic rings. The summed E-state index contributed by atoms with van der Waals surface area (Å²) in [7, 11) is 3.60. The van der Waals surface area contributed by atoms with E-state index in [0.29, 0.717) is 11.5 Å². The molecule has 3 saturated carbocycles. The summed E-state index contributed by atoms with van der Waals surface area (Å²) < 4.78 is 11.2. The first kappa shape index (κ1) is 11.0. The van der Waals surface area contributed by atoms with Gasteiger partial charge in [-0.1, -0.05) is 0 Å². The van der Waals surface area contributed by atoms with E-state index < -0.39 is 0 Å². The van der Waals surface area contributed by atoms with Crippen molar-refractivity contribution in [1.29, 1.82) is 0 Å². The molecule has 0 saturated heterocycles. The van der Waals surface area contributed by atoms with Crippen LogP contribution in [0.1, 0.15) is 32.1 Å². The van der Waals surface area contributed by atoms with Crippen LogP contribution in [0, 0.1) is 17.3 Å². The van der Waals surface area contributed by atoms with Crippen molar-refractivity contribution >= 4 is 0 Å². The fourth-order valence-corrected chi connectivity index (χ4v) is 4.78. The highest BCUT2D eigenvalue weighted by atomic mass is 16.5. The van der Waals surface area contributed by atoms with Crippen molar-refractivity contribution in [2.45, 2.75) is 50.4 Å². The number of hydrogen-bond donors (Lipinski definition) is 1. The standard InChI is InChI=1S/C13H23NO2/c1-15-10-6-13(7-11(10)16-2)9-4-3-8(5-9)12(13)14/h8-12H,3-7,14H2,1-2H3/t8-,9+,10+,11?,12+,13?/m1/s1. The van der Waals surface area contributed by atoms with E-state index >= 15 is 0 Å². The van der Waals surface area contributed by atoms with Gasteiger partial charge in [-0.25, -0.2) is 0 Å². The van der Waals surface area contributed by atoms with Gasteiger partial charge in [0.25, 0.3) is 0 Å². The zero-order chi connectivity index (χ0) is 11.3. The molecule has 3 aliphatic carbocycles. The highest BCUT2D eigenvalue weighted by Crippen LogP contribution is 2.62. The molecule has 1 spiro atoms. The summed E-state index contributed by atoms with van der Waals surface area (Å²) in [5, 5.41) is 0. The maximum absolute atomic E-state index is 6.48. The summed E-state index contributed by atoms with van der Waals surface area (Å²) in [4.78, 5) is 0. The number of hydrogen-bond acceptors (Lipinski definition) is 3. The van der Waals surface area contributed by atoms with Crippen LogP contribution in [0.25, 0.3) is 0 Å². The molecular formula is C13H23NO2. The van der Waals surface area contributed by atoms with E-state index in [4.69, 9.17) is 15.2 Å². The van der Waals surface area contributed by atoms with E-state index in [1.165, 1.54) is 19.3 Å². The van der Waals surface area contributed by atoms with Crippen LogP contribution in [0.15, 0.2) is 0 Å². The Hall–Kier alpha value is -0.120. The van der Waals surface area contributed by atoms with Gasteiger partial charge in [-0.3, -0.25) is 0 Å². The number of ether oxygens (including phenoxy) is 2. The first-order chi connectivity index (χ1) is 7.71. The Balaban J connectivity index is 1.85. The van der Waals surface area contributed by atoms with Crippen molar-refractivity contribution in [2.24, 2.45) is 23.0 Å². The summed E-state index contributed by atoms with van der Waals surface area (Å²) in [5.74, 6) is 1.61. The minimum absolute atomic E-state index is 0.260. The lowest BCUT2D eigenvalue weighted by Crippen LogP contribution is -2.45. The molecule has 2 unspecified atom stereocenters. The average molecular weight is 225 g/mol. The smallest absolute Gasteiger partial charge is 0.0838 e. The monoisotopic (exact) mass is 225 g/mol. The molecule has 0 aliphatic heterocycles. The van der Waals surface area contributed by atoms with Crippen LogP contribution in [0.2, 0.25) is 0 Å². The van der Waals surface area contributed by atoms with Crippen LogP contribution in [0.5, 0.6) is 0 Å². The molecule has 16 heavy (non-hydrogen) atoms. The minimum atomic E-state index is 0.260.